The molecule has 2 aliphatic rings. The molecular weight excluding hydrogens is 304 g/mol. The Kier molecular flexibility index (Phi) is 10.8. The quantitative estimate of drug-likeness (QED) is 0.470. The first-order valence-corrected chi connectivity index (χ1v) is 8.11. The molecule has 22 heavy (non-hydrogen) atoms. The molecule has 0 aromatic rings. The fourth-order valence-electron chi connectivity index (χ4n) is 2.63. The number of hydrazine groups is 2. The van der Waals surface area contributed by atoms with Crippen LogP contribution < -0.4 is 22.1 Å². The molecule has 0 aromatic heterocycles. The van der Waals surface area contributed by atoms with Gasteiger partial charge in [0.1, 0.15) is 5.60 Å². The molecule has 6 nitrogen and oxygen atoms in total. The van der Waals surface area contributed by atoms with E-state index < -0.39 is 11.7 Å². The van der Waals surface area contributed by atoms with E-state index in [1.807, 2.05) is 20.8 Å². The van der Waals surface area contributed by atoms with Crippen LogP contribution in [0.5, 0.6) is 0 Å². The molecule has 5 N–H and O–H groups in total. The Morgan fingerprint density at radius 3 is 1.82 bits per heavy atom. The van der Waals surface area contributed by atoms with Crippen molar-refractivity contribution in [3.8, 4) is 0 Å². The van der Waals surface area contributed by atoms with Crippen LogP contribution in [0.4, 0.5) is 4.79 Å². The lowest BCUT2D eigenvalue weighted by Gasteiger charge is -2.21. The molecule has 2 rings (SSSR count). The third kappa shape index (κ3) is 10.2. The van der Waals surface area contributed by atoms with E-state index in [4.69, 9.17) is 10.6 Å². The van der Waals surface area contributed by atoms with Crippen molar-refractivity contribution in [1.29, 1.82) is 0 Å². The van der Waals surface area contributed by atoms with Crippen molar-refractivity contribution in [3.05, 3.63) is 0 Å². The first-order chi connectivity index (χ1) is 9.90. The largest absolute Gasteiger partial charge is 0.443 e. The molecule has 2 saturated carbocycles. The second-order valence-electron chi connectivity index (χ2n) is 6.90. The van der Waals surface area contributed by atoms with Crippen molar-refractivity contribution >= 4 is 18.5 Å². The van der Waals surface area contributed by atoms with Crippen LogP contribution in [0.15, 0.2) is 0 Å². The molecule has 0 spiro atoms. The van der Waals surface area contributed by atoms with E-state index in [9.17, 15) is 4.79 Å². The summed E-state index contributed by atoms with van der Waals surface area (Å²) in [7, 11) is 0. The molecule has 0 atom stereocenters. The van der Waals surface area contributed by atoms with Gasteiger partial charge in [-0.1, -0.05) is 25.7 Å². The first kappa shape index (κ1) is 21.4. The van der Waals surface area contributed by atoms with Gasteiger partial charge in [0.15, 0.2) is 0 Å². The van der Waals surface area contributed by atoms with E-state index in [0.717, 1.165) is 12.8 Å². The zero-order valence-corrected chi connectivity index (χ0v) is 14.9. The van der Waals surface area contributed by atoms with Crippen LogP contribution >= 0.6 is 12.4 Å². The molecule has 132 valence electrons. The highest BCUT2D eigenvalue weighted by Gasteiger charge is 2.18. The predicted octanol–water partition coefficient (Wildman–Crippen LogP) is 2.77. The molecule has 0 radical (unpaired) electrons. The Morgan fingerprint density at radius 2 is 1.45 bits per heavy atom. The standard InChI is InChI=1S/C10H20N2O2.C5H12N2.ClH/c1-10(2,3)14-9(13)12-11-8-6-4-5-7-8;6-7-5-3-1-2-4-5;/h8,11H,4-7H2,1-3H3,(H,12,13);5,7H,1-4,6H2;1H. The second-order valence-corrected chi connectivity index (χ2v) is 6.90. The number of carbonyl (C=O) groups is 1. The lowest BCUT2D eigenvalue weighted by Crippen LogP contribution is -2.45. The summed E-state index contributed by atoms with van der Waals surface area (Å²) >= 11 is 0. The Morgan fingerprint density at radius 1 is 1.00 bits per heavy atom. The van der Waals surface area contributed by atoms with Gasteiger partial charge in [0, 0.05) is 12.1 Å². The fraction of sp³-hybridized carbons (Fsp3) is 0.933. The molecule has 2 aliphatic carbocycles. The number of rotatable bonds is 3. The predicted molar refractivity (Wildman–Crippen MR) is 91.6 cm³/mol. The second kappa shape index (κ2) is 11.0. The van der Waals surface area contributed by atoms with Crippen LogP contribution in [0.25, 0.3) is 0 Å². The van der Waals surface area contributed by atoms with Gasteiger partial charge < -0.3 is 4.74 Å². The molecule has 0 aliphatic heterocycles. The number of carbonyl (C=O) groups excluding carboxylic acids is 1. The Hall–Kier alpha value is -0.560. The zero-order chi connectivity index (χ0) is 15.7. The number of ether oxygens (including phenoxy) is 1. The summed E-state index contributed by atoms with van der Waals surface area (Å²) in [5.74, 6) is 5.18. The number of amides is 1. The van der Waals surface area contributed by atoms with Crippen LogP contribution in [0.3, 0.4) is 0 Å². The molecule has 0 saturated heterocycles. The molecule has 1 amide bonds. The highest BCUT2D eigenvalue weighted by Crippen LogP contribution is 2.17. The topological polar surface area (TPSA) is 88.4 Å². The molecule has 0 bridgehead atoms. The fourth-order valence-corrected chi connectivity index (χ4v) is 2.63. The van der Waals surface area contributed by atoms with Crippen LogP contribution in [0.2, 0.25) is 0 Å². The van der Waals surface area contributed by atoms with Gasteiger partial charge in [-0.2, -0.15) is 0 Å². The van der Waals surface area contributed by atoms with E-state index in [1.54, 1.807) is 0 Å². The monoisotopic (exact) mass is 336 g/mol. The van der Waals surface area contributed by atoms with Gasteiger partial charge >= 0.3 is 6.09 Å². The summed E-state index contributed by atoms with van der Waals surface area (Å²) < 4.78 is 5.08. The maximum atomic E-state index is 11.2. The number of nitrogens with one attached hydrogen (secondary N) is 3. The van der Waals surface area contributed by atoms with Gasteiger partial charge in [-0.25, -0.2) is 10.2 Å². The van der Waals surface area contributed by atoms with Crippen molar-refractivity contribution in [2.24, 2.45) is 5.84 Å². The maximum Gasteiger partial charge on any atom is 0.422 e. The summed E-state index contributed by atoms with van der Waals surface area (Å²) in [6, 6.07) is 1.04. The van der Waals surface area contributed by atoms with E-state index in [-0.39, 0.29) is 12.4 Å². The number of hydrogen-bond acceptors (Lipinski definition) is 5. The SMILES string of the molecule is CC(C)(C)OC(=O)NNC1CCCC1.Cl.NNC1CCCC1. The number of nitrogens with two attached hydrogens (primary N) is 1. The molecule has 0 unspecified atom stereocenters. The lowest BCUT2D eigenvalue weighted by atomic mass is 10.2. The third-order valence-corrected chi connectivity index (χ3v) is 3.72. The normalized spacial score (nSPS) is 19.1. The van der Waals surface area contributed by atoms with Gasteiger partial charge in [-0.15, -0.1) is 12.4 Å². The minimum atomic E-state index is -0.429. The van der Waals surface area contributed by atoms with E-state index in [1.165, 1.54) is 38.5 Å². The molecular formula is C15H33ClN4O2. The van der Waals surface area contributed by atoms with Gasteiger partial charge in [0.25, 0.3) is 0 Å². The average molecular weight is 337 g/mol. The van der Waals surface area contributed by atoms with Crippen LogP contribution in [-0.2, 0) is 4.74 Å². The minimum absolute atomic E-state index is 0. The van der Waals surface area contributed by atoms with Crippen LogP contribution in [0, 0.1) is 0 Å². The van der Waals surface area contributed by atoms with Crippen LogP contribution in [-0.4, -0.2) is 23.8 Å². The van der Waals surface area contributed by atoms with E-state index in [0.29, 0.717) is 12.1 Å². The van der Waals surface area contributed by atoms with Gasteiger partial charge in [0.05, 0.1) is 0 Å². The van der Waals surface area contributed by atoms with Crippen molar-refractivity contribution in [1.82, 2.24) is 16.3 Å². The van der Waals surface area contributed by atoms with Crippen LogP contribution in [0.1, 0.15) is 72.1 Å². The van der Waals surface area contributed by atoms with Gasteiger partial charge in [0.2, 0.25) is 0 Å². The zero-order valence-electron chi connectivity index (χ0n) is 14.1. The number of halogens is 1. The van der Waals surface area contributed by atoms with Crippen molar-refractivity contribution in [3.63, 3.8) is 0 Å². The summed E-state index contributed by atoms with van der Waals surface area (Å²) in [5, 5.41) is 0. The summed E-state index contributed by atoms with van der Waals surface area (Å²) in [6.07, 6.45) is 9.62. The average Bonchev–Trinajstić information content (AvgIpc) is 3.08. The van der Waals surface area contributed by atoms with E-state index in [2.05, 4.69) is 16.3 Å². The Balaban J connectivity index is 0.000000465. The first-order valence-electron chi connectivity index (χ1n) is 8.11. The summed E-state index contributed by atoms with van der Waals surface area (Å²) in [4.78, 5) is 11.2. The molecule has 0 heterocycles. The van der Waals surface area contributed by atoms with E-state index >= 15 is 0 Å². The van der Waals surface area contributed by atoms with Gasteiger partial charge in [-0.3, -0.25) is 16.7 Å². The van der Waals surface area contributed by atoms with Crippen molar-refractivity contribution < 1.29 is 9.53 Å². The third-order valence-electron chi connectivity index (χ3n) is 3.72. The smallest absolute Gasteiger partial charge is 0.422 e. The highest BCUT2D eigenvalue weighted by molar-refractivity contribution is 5.85. The molecule has 2 fully saturated rings. The summed E-state index contributed by atoms with van der Waals surface area (Å²) in [6.45, 7) is 5.55. The van der Waals surface area contributed by atoms with Gasteiger partial charge in [-0.05, 0) is 46.5 Å². The minimum Gasteiger partial charge on any atom is -0.443 e. The van der Waals surface area contributed by atoms with Crippen molar-refractivity contribution in [2.75, 3.05) is 0 Å². The molecule has 0 aromatic carbocycles. The highest BCUT2D eigenvalue weighted by atomic mass is 35.5. The lowest BCUT2D eigenvalue weighted by molar-refractivity contribution is 0.0488. The summed E-state index contributed by atoms with van der Waals surface area (Å²) in [5.41, 5.74) is 7.88. The molecule has 7 heteroatoms. The Labute approximate surface area is 140 Å². The van der Waals surface area contributed by atoms with Crippen molar-refractivity contribution in [2.45, 2.75) is 89.8 Å². The maximum absolute atomic E-state index is 11.2. The Bertz CT molecular complexity index is 298. The number of hydrogen-bond donors (Lipinski definition) is 4.